The first-order valence-electron chi connectivity index (χ1n) is 8.93. The van der Waals surface area contributed by atoms with Crippen molar-refractivity contribution in [2.24, 2.45) is 0 Å². The van der Waals surface area contributed by atoms with Crippen LogP contribution in [0.2, 0.25) is 0 Å². The molecule has 0 atom stereocenters. The molecule has 1 saturated heterocycles. The molecule has 3 rings (SSSR count). The zero-order chi connectivity index (χ0) is 22.0. The Balaban J connectivity index is 0.000000370. The van der Waals surface area contributed by atoms with E-state index >= 15 is 0 Å². The minimum Gasteiger partial charge on any atom is -0.475 e. The van der Waals surface area contributed by atoms with Crippen molar-refractivity contribution in [3.05, 3.63) is 18.3 Å². The number of alkyl halides is 3. The minimum atomic E-state index is -5.08. The van der Waals surface area contributed by atoms with Gasteiger partial charge in [0.15, 0.2) is 0 Å². The van der Waals surface area contributed by atoms with E-state index in [1.54, 1.807) is 25.4 Å². The van der Waals surface area contributed by atoms with E-state index in [1.165, 1.54) is 4.31 Å². The topological polar surface area (TPSA) is 100 Å². The smallest absolute Gasteiger partial charge is 0.475 e. The van der Waals surface area contributed by atoms with E-state index in [4.69, 9.17) is 14.6 Å². The number of carboxylic acid groups (broad SMARTS) is 1. The highest BCUT2D eigenvalue weighted by Gasteiger charge is 2.45. The Labute approximate surface area is 167 Å². The Morgan fingerprint density at radius 3 is 2.34 bits per heavy atom. The molecule has 0 aromatic carbocycles. The number of carbonyl (C=O) groups is 1. The van der Waals surface area contributed by atoms with Gasteiger partial charge in [0, 0.05) is 45.2 Å². The van der Waals surface area contributed by atoms with Crippen molar-refractivity contribution in [2.45, 2.75) is 49.4 Å². The van der Waals surface area contributed by atoms with Crippen LogP contribution in [0.3, 0.4) is 0 Å². The lowest BCUT2D eigenvalue weighted by Crippen LogP contribution is -2.54. The number of sulfonamides is 1. The summed E-state index contributed by atoms with van der Waals surface area (Å²) < 4.78 is 64.5. The number of nitrogens with zero attached hydrogens (tertiary/aromatic N) is 3. The molecule has 1 fully saturated rings. The number of ether oxygens (including phenoxy) is 1. The lowest BCUT2D eigenvalue weighted by molar-refractivity contribution is -0.192. The number of aliphatic carboxylic acids is 1. The molecule has 0 aliphatic carbocycles. The molecule has 1 spiro atoms. The predicted molar refractivity (Wildman–Crippen MR) is 97.0 cm³/mol. The summed E-state index contributed by atoms with van der Waals surface area (Å²) in [5.41, 5.74) is -0.479. The van der Waals surface area contributed by atoms with Crippen molar-refractivity contribution in [1.82, 2.24) is 14.2 Å². The molecule has 0 saturated carbocycles. The molecule has 1 aromatic heterocycles. The number of rotatable bonds is 1. The molecule has 2 aliphatic heterocycles. The van der Waals surface area contributed by atoms with Gasteiger partial charge >= 0.3 is 12.1 Å². The number of hydrogen-bond acceptors (Lipinski definition) is 6. The van der Waals surface area contributed by atoms with E-state index in [0.717, 1.165) is 25.9 Å². The zero-order valence-corrected chi connectivity index (χ0v) is 17.1. The number of likely N-dealkylation sites (N-methyl/N-ethyl adjacent to an activating group) is 1. The standard InChI is InChI=1S/C15H23N3O3S.C2HF3O2/c1-12(2)18-9-6-15(7-10-18)11-17(3)22(19,20)13-5-4-8-16-14(13)21-15;3-2(4,5)1(6)7/h4-5,8,12H,6-7,9-11H2,1-3H3;(H,6,7). The van der Waals surface area contributed by atoms with Gasteiger partial charge in [-0.05, 0) is 26.0 Å². The van der Waals surface area contributed by atoms with Crippen LogP contribution in [-0.2, 0) is 14.8 Å². The molecule has 164 valence electrons. The van der Waals surface area contributed by atoms with Crippen molar-refractivity contribution in [2.75, 3.05) is 26.7 Å². The molecule has 8 nitrogen and oxygen atoms in total. The maximum absolute atomic E-state index is 12.6. The number of hydrogen-bond donors (Lipinski definition) is 1. The van der Waals surface area contributed by atoms with Crippen LogP contribution in [0.5, 0.6) is 5.88 Å². The highest BCUT2D eigenvalue weighted by molar-refractivity contribution is 7.89. The third-order valence-corrected chi connectivity index (χ3v) is 6.75. The molecule has 2 aliphatic rings. The summed E-state index contributed by atoms with van der Waals surface area (Å²) in [6, 6.07) is 3.69. The van der Waals surface area contributed by atoms with Crippen molar-refractivity contribution in [3.8, 4) is 5.88 Å². The van der Waals surface area contributed by atoms with E-state index in [0.29, 0.717) is 12.6 Å². The molecule has 0 radical (unpaired) electrons. The first-order valence-corrected chi connectivity index (χ1v) is 10.4. The molecule has 29 heavy (non-hydrogen) atoms. The first-order chi connectivity index (χ1) is 13.3. The highest BCUT2D eigenvalue weighted by atomic mass is 32.2. The van der Waals surface area contributed by atoms with Crippen molar-refractivity contribution >= 4 is 16.0 Å². The van der Waals surface area contributed by atoms with Gasteiger partial charge in [-0.15, -0.1) is 0 Å². The number of carboxylic acids is 1. The Kier molecular flexibility index (Phi) is 6.80. The zero-order valence-electron chi connectivity index (χ0n) is 16.3. The summed E-state index contributed by atoms with van der Waals surface area (Å²) in [6.07, 6.45) is -1.89. The van der Waals surface area contributed by atoms with Crippen LogP contribution in [0.1, 0.15) is 26.7 Å². The van der Waals surface area contributed by atoms with Crippen LogP contribution in [-0.4, -0.2) is 78.2 Å². The van der Waals surface area contributed by atoms with Crippen LogP contribution < -0.4 is 4.74 Å². The third kappa shape index (κ3) is 5.37. The van der Waals surface area contributed by atoms with E-state index < -0.39 is 27.8 Å². The molecule has 0 amide bonds. The lowest BCUT2D eigenvalue weighted by atomic mass is 9.90. The second-order valence-corrected chi connectivity index (χ2v) is 9.30. The second-order valence-electron chi connectivity index (χ2n) is 7.29. The molecule has 12 heteroatoms. The van der Waals surface area contributed by atoms with Crippen LogP contribution >= 0.6 is 0 Å². The van der Waals surface area contributed by atoms with Gasteiger partial charge in [0.05, 0.1) is 6.54 Å². The van der Waals surface area contributed by atoms with Crippen molar-refractivity contribution in [3.63, 3.8) is 0 Å². The molecule has 1 aromatic rings. The Hall–Kier alpha value is -1.92. The highest BCUT2D eigenvalue weighted by Crippen LogP contribution is 2.37. The Morgan fingerprint density at radius 2 is 1.86 bits per heavy atom. The molecule has 3 heterocycles. The second kappa shape index (κ2) is 8.44. The number of fused-ring (bicyclic) bond motifs is 1. The van der Waals surface area contributed by atoms with Gasteiger partial charge in [-0.2, -0.15) is 17.5 Å². The summed E-state index contributed by atoms with van der Waals surface area (Å²) >= 11 is 0. The Bertz CT molecular complexity index is 837. The van der Waals surface area contributed by atoms with Gasteiger partial charge in [-0.1, -0.05) is 0 Å². The fraction of sp³-hybridized carbons (Fsp3) is 0.647. The van der Waals surface area contributed by atoms with E-state index in [1.807, 2.05) is 0 Å². The van der Waals surface area contributed by atoms with Gasteiger partial charge in [0.25, 0.3) is 0 Å². The monoisotopic (exact) mass is 439 g/mol. The first kappa shape index (κ1) is 23.4. The lowest BCUT2D eigenvalue weighted by Gasteiger charge is -2.42. The van der Waals surface area contributed by atoms with Crippen molar-refractivity contribution < 1.29 is 36.2 Å². The maximum Gasteiger partial charge on any atom is 0.490 e. The summed E-state index contributed by atoms with van der Waals surface area (Å²) in [4.78, 5) is 15.6. The average Bonchev–Trinajstić information content (AvgIpc) is 2.69. The van der Waals surface area contributed by atoms with E-state index in [9.17, 15) is 21.6 Å². The summed E-state index contributed by atoms with van der Waals surface area (Å²) in [7, 11) is -1.91. The van der Waals surface area contributed by atoms with Crippen LogP contribution in [0.15, 0.2) is 23.2 Å². The fourth-order valence-electron chi connectivity index (χ4n) is 3.25. The van der Waals surface area contributed by atoms with Gasteiger partial charge in [-0.25, -0.2) is 18.2 Å². The van der Waals surface area contributed by atoms with Crippen LogP contribution in [0, 0.1) is 0 Å². The number of halogens is 3. The number of likely N-dealkylation sites (tertiary alicyclic amines) is 1. The van der Waals surface area contributed by atoms with Crippen LogP contribution in [0.25, 0.3) is 0 Å². The van der Waals surface area contributed by atoms with Gasteiger partial charge < -0.3 is 14.7 Å². The minimum absolute atomic E-state index is 0.167. The number of aromatic nitrogens is 1. The molecule has 0 bridgehead atoms. The van der Waals surface area contributed by atoms with E-state index in [2.05, 4.69) is 23.7 Å². The average molecular weight is 439 g/mol. The van der Waals surface area contributed by atoms with Gasteiger partial charge in [0.2, 0.25) is 15.9 Å². The number of pyridine rings is 1. The third-order valence-electron chi connectivity index (χ3n) is 4.93. The maximum atomic E-state index is 12.6. The van der Waals surface area contributed by atoms with Gasteiger partial charge in [-0.3, -0.25) is 0 Å². The molecular formula is C17H24F3N3O5S. The summed E-state index contributed by atoms with van der Waals surface area (Å²) in [5.74, 6) is -2.52. The normalized spacial score (nSPS) is 21.5. The quantitative estimate of drug-likeness (QED) is 0.714. The van der Waals surface area contributed by atoms with Crippen molar-refractivity contribution in [1.29, 1.82) is 0 Å². The molecule has 1 N–H and O–H groups in total. The number of piperidine rings is 1. The molecular weight excluding hydrogens is 415 g/mol. The van der Waals surface area contributed by atoms with Gasteiger partial charge in [0.1, 0.15) is 10.5 Å². The van der Waals surface area contributed by atoms with E-state index in [-0.39, 0.29) is 10.8 Å². The fourth-order valence-corrected chi connectivity index (χ4v) is 4.56. The molecule has 0 unspecified atom stereocenters. The largest absolute Gasteiger partial charge is 0.490 e. The SMILES string of the molecule is CC(C)N1CCC2(CC1)CN(C)S(=O)(=O)c1cccnc1O2.O=C(O)C(F)(F)F. The Morgan fingerprint density at radius 1 is 1.31 bits per heavy atom. The summed E-state index contributed by atoms with van der Waals surface area (Å²) in [6.45, 7) is 6.55. The van der Waals surface area contributed by atoms with Crippen LogP contribution in [0.4, 0.5) is 13.2 Å². The predicted octanol–water partition coefficient (Wildman–Crippen LogP) is 1.97. The summed E-state index contributed by atoms with van der Waals surface area (Å²) in [5, 5.41) is 7.12.